The first-order chi connectivity index (χ1) is 5.31. The van der Waals surface area contributed by atoms with E-state index in [0.29, 0.717) is 17.9 Å². The summed E-state index contributed by atoms with van der Waals surface area (Å²) < 4.78 is 13.1. The summed E-state index contributed by atoms with van der Waals surface area (Å²) in [6, 6.07) is 0. The van der Waals surface area contributed by atoms with Gasteiger partial charge in [-0.15, -0.1) is 0 Å². The largest absolute Gasteiger partial charge is 0.381 e. The van der Waals surface area contributed by atoms with Crippen LogP contribution in [-0.4, -0.2) is 13.2 Å². The van der Waals surface area contributed by atoms with Gasteiger partial charge in [-0.05, 0) is 25.2 Å². The lowest BCUT2D eigenvalue weighted by Gasteiger charge is -2.36. The molecule has 1 fully saturated rings. The molecule has 0 radical (unpaired) electrons. The molecule has 1 heteroatoms. The maximum absolute atomic E-state index is 7.72. The van der Waals surface area contributed by atoms with Crippen LogP contribution in [0, 0.1) is 11.8 Å². The van der Waals surface area contributed by atoms with Crippen LogP contribution in [0.25, 0.3) is 0 Å². The van der Waals surface area contributed by atoms with Gasteiger partial charge < -0.3 is 4.74 Å². The molecule has 0 aliphatic heterocycles. The number of rotatable bonds is 1. The van der Waals surface area contributed by atoms with Crippen LogP contribution in [0.15, 0.2) is 12.2 Å². The van der Waals surface area contributed by atoms with Gasteiger partial charge in [0.1, 0.15) is 0 Å². The smallest absolute Gasteiger partial charge is 0.0639 e. The highest BCUT2D eigenvalue weighted by Gasteiger charge is 2.31. The van der Waals surface area contributed by atoms with Crippen molar-refractivity contribution < 1.29 is 6.11 Å². The third-order valence-corrected chi connectivity index (χ3v) is 2.60. The summed E-state index contributed by atoms with van der Waals surface area (Å²) in [4.78, 5) is 0. The molecule has 3 aliphatic carbocycles. The third-order valence-electron chi connectivity index (χ3n) is 2.60. The first-order valence-corrected chi connectivity index (χ1v) is 3.94. The average Bonchev–Trinajstić information content (AvgIpc) is 2.05. The summed E-state index contributed by atoms with van der Waals surface area (Å²) in [5, 5.41) is 0. The van der Waals surface area contributed by atoms with E-state index in [0.717, 1.165) is 12.8 Å². The van der Waals surface area contributed by atoms with E-state index in [9.17, 15) is 0 Å². The Balaban J connectivity index is 2.13. The minimum Gasteiger partial charge on any atom is -0.381 e. The van der Waals surface area contributed by atoms with Gasteiger partial charge in [0.05, 0.1) is 6.10 Å². The fourth-order valence-electron chi connectivity index (χ4n) is 1.94. The molecular weight excluding hydrogens is 124 g/mol. The van der Waals surface area contributed by atoms with Gasteiger partial charge in [0.25, 0.3) is 0 Å². The molecule has 10 heavy (non-hydrogen) atoms. The number of hydrogen-bond donors (Lipinski definition) is 0. The summed E-state index contributed by atoms with van der Waals surface area (Å²) in [6.07, 6.45) is 7.02. The van der Waals surface area contributed by atoms with Crippen molar-refractivity contribution in [3.8, 4) is 0 Å². The van der Waals surface area contributed by atoms with Crippen LogP contribution in [0.4, 0.5) is 0 Å². The summed E-state index contributed by atoms with van der Waals surface area (Å²) in [5.41, 5.74) is 0. The second-order valence-electron chi connectivity index (χ2n) is 3.19. The van der Waals surface area contributed by atoms with E-state index in [1.807, 2.05) is 0 Å². The van der Waals surface area contributed by atoms with Crippen LogP contribution in [0.1, 0.15) is 20.6 Å². The molecule has 0 unspecified atom stereocenters. The Bertz CT molecular complexity index is 178. The van der Waals surface area contributed by atoms with Crippen molar-refractivity contribution in [3.05, 3.63) is 12.2 Å². The van der Waals surface area contributed by atoms with Gasteiger partial charge in [-0.25, -0.2) is 0 Å². The summed E-state index contributed by atoms with van der Waals surface area (Å²) in [6.45, 7) is 0. The highest BCUT2D eigenvalue weighted by atomic mass is 16.5. The number of fused-ring (bicyclic) bond motifs is 2. The van der Waals surface area contributed by atoms with Crippen LogP contribution in [0.5, 0.6) is 0 Å². The van der Waals surface area contributed by atoms with Crippen molar-refractivity contribution >= 4 is 0 Å². The predicted octanol–water partition coefficient (Wildman–Crippen LogP) is 1.99. The second kappa shape index (κ2) is 2.39. The third kappa shape index (κ3) is 0.891. The lowest BCUT2D eigenvalue weighted by atomic mass is 9.74. The molecule has 56 valence electrons. The molecule has 0 spiro atoms. The molecule has 3 aliphatic rings. The van der Waals surface area contributed by atoms with Gasteiger partial charge in [-0.2, -0.15) is 0 Å². The van der Waals surface area contributed by atoms with Crippen molar-refractivity contribution in [2.75, 3.05) is 7.11 Å². The topological polar surface area (TPSA) is 9.23 Å². The minimum absolute atomic E-state index is 0.136. The molecule has 0 aromatic heterocycles. The van der Waals surface area contributed by atoms with E-state index in [-0.39, 0.29) is 6.40 Å². The molecule has 1 nitrogen and oxygen atoms in total. The average molecular weight is 139 g/mol. The molecule has 0 aromatic rings. The number of hydrogen-bond acceptors (Lipinski definition) is 1. The van der Waals surface area contributed by atoms with E-state index in [2.05, 4.69) is 12.2 Å². The Hall–Kier alpha value is -0.300. The van der Waals surface area contributed by atoms with E-state index < -0.39 is 0 Å². The number of ether oxygens (including phenoxy) is 1. The molecule has 0 aromatic carbocycles. The van der Waals surface area contributed by atoms with Gasteiger partial charge in [-0.1, -0.05) is 12.2 Å². The van der Waals surface area contributed by atoms with Gasteiger partial charge in [0, 0.05) is 14.4 Å². The van der Waals surface area contributed by atoms with Crippen LogP contribution in [-0.2, 0) is 4.74 Å². The Labute approximate surface area is 63.5 Å². The monoisotopic (exact) mass is 139 g/mol. The molecule has 0 heterocycles. The SMILES string of the molecule is [2H][C@@H]1C[C@H]2C=C[C@@H]1C[C@H]2OC. The Morgan fingerprint density at radius 2 is 2.50 bits per heavy atom. The zero-order chi connectivity index (χ0) is 7.84. The Morgan fingerprint density at radius 1 is 1.60 bits per heavy atom. The maximum Gasteiger partial charge on any atom is 0.0639 e. The fourth-order valence-corrected chi connectivity index (χ4v) is 1.94. The zero-order valence-corrected chi connectivity index (χ0v) is 6.29. The molecule has 2 bridgehead atoms. The van der Waals surface area contributed by atoms with E-state index in [1.54, 1.807) is 7.11 Å². The van der Waals surface area contributed by atoms with Gasteiger partial charge in [0.2, 0.25) is 0 Å². The second-order valence-corrected chi connectivity index (χ2v) is 3.19. The van der Waals surface area contributed by atoms with E-state index in [1.165, 1.54) is 0 Å². The molecule has 4 atom stereocenters. The van der Waals surface area contributed by atoms with E-state index in [4.69, 9.17) is 6.11 Å². The lowest BCUT2D eigenvalue weighted by molar-refractivity contribution is 0.0219. The Kier molecular flexibility index (Phi) is 1.28. The maximum atomic E-state index is 7.72. The van der Waals surface area contributed by atoms with Crippen molar-refractivity contribution in [2.24, 2.45) is 11.8 Å². The summed E-state index contributed by atoms with van der Waals surface area (Å²) in [7, 11) is 1.78. The quantitative estimate of drug-likeness (QED) is 0.505. The highest BCUT2D eigenvalue weighted by molar-refractivity contribution is 5.06. The standard InChI is InChI=1S/C9H14O/c1-10-9-6-7-2-4-8(9)5-3-7/h2,4,7-9H,3,5-6H2,1H3/t7-,8+,9+/m0/s1/i3D/t3-,7+,8-,9-/m1. The fraction of sp³-hybridized carbons (Fsp3) is 0.778. The zero-order valence-electron chi connectivity index (χ0n) is 7.29. The van der Waals surface area contributed by atoms with Gasteiger partial charge in [-0.3, -0.25) is 0 Å². The van der Waals surface area contributed by atoms with Crippen molar-refractivity contribution in [1.29, 1.82) is 0 Å². The molecular formula is C9H14O. The molecule has 0 saturated heterocycles. The predicted molar refractivity (Wildman–Crippen MR) is 40.8 cm³/mol. The molecule has 0 amide bonds. The van der Waals surface area contributed by atoms with Crippen molar-refractivity contribution in [2.45, 2.75) is 25.3 Å². The summed E-state index contributed by atoms with van der Waals surface area (Å²) >= 11 is 0. The van der Waals surface area contributed by atoms with Crippen molar-refractivity contribution in [3.63, 3.8) is 0 Å². The van der Waals surface area contributed by atoms with Crippen LogP contribution in [0.3, 0.4) is 0 Å². The van der Waals surface area contributed by atoms with Gasteiger partial charge in [0.15, 0.2) is 0 Å². The number of methoxy groups -OCH3 is 1. The first-order valence-electron chi connectivity index (χ1n) is 4.52. The molecule has 1 saturated carbocycles. The van der Waals surface area contributed by atoms with Crippen LogP contribution in [0.2, 0.25) is 0 Å². The number of allylic oxidation sites excluding steroid dienone is 1. The molecule has 3 rings (SSSR count). The van der Waals surface area contributed by atoms with Gasteiger partial charge >= 0.3 is 0 Å². The minimum atomic E-state index is 0.136. The Morgan fingerprint density at radius 3 is 3.00 bits per heavy atom. The summed E-state index contributed by atoms with van der Waals surface area (Å²) in [5.74, 6) is 0.984. The first kappa shape index (κ1) is 5.36. The van der Waals surface area contributed by atoms with E-state index >= 15 is 0 Å². The lowest BCUT2D eigenvalue weighted by Crippen LogP contribution is -2.32. The van der Waals surface area contributed by atoms with Crippen LogP contribution >= 0.6 is 0 Å². The molecule has 0 N–H and O–H groups in total. The van der Waals surface area contributed by atoms with Crippen molar-refractivity contribution in [1.82, 2.24) is 0 Å². The highest BCUT2D eigenvalue weighted by Crippen LogP contribution is 2.37. The normalized spacial score (nSPS) is 53.1. The van der Waals surface area contributed by atoms with Crippen LogP contribution < -0.4 is 0 Å².